The lowest BCUT2D eigenvalue weighted by Gasteiger charge is -2.22. The van der Waals surface area contributed by atoms with Gasteiger partial charge in [-0.1, -0.05) is 0 Å². The van der Waals surface area contributed by atoms with Crippen molar-refractivity contribution in [2.75, 3.05) is 13.1 Å². The Kier molecular flexibility index (Phi) is 6.28. The molecule has 5 heteroatoms. The molecule has 4 nitrogen and oxygen atoms in total. The highest BCUT2D eigenvalue weighted by molar-refractivity contribution is 6.20. The Morgan fingerprint density at radius 1 is 1.38 bits per heavy atom. The van der Waals surface area contributed by atoms with Crippen molar-refractivity contribution in [2.24, 2.45) is 17.4 Å². The van der Waals surface area contributed by atoms with Crippen LogP contribution in [0.2, 0.25) is 0 Å². The molecule has 78 valence electrons. The molecule has 0 fully saturated rings. The molecule has 1 atom stereocenters. The quantitative estimate of drug-likeness (QED) is 0.245. The van der Waals surface area contributed by atoms with Crippen LogP contribution in [-0.2, 0) is 0 Å². The largest absolute Gasteiger partial charge is 0.330 e. The van der Waals surface area contributed by atoms with Crippen LogP contribution >= 0.6 is 11.6 Å². The molecule has 0 aliphatic carbocycles. The minimum absolute atomic E-state index is 0.105. The Bertz CT molecular complexity index is 149. The van der Waals surface area contributed by atoms with Gasteiger partial charge in [0.05, 0.1) is 0 Å². The fourth-order valence-corrected chi connectivity index (χ4v) is 1.19. The number of hydrogen-bond acceptors (Lipinski definition) is 3. The average Bonchev–Trinajstić information content (AvgIpc) is 2.11. The third kappa shape index (κ3) is 6.98. The first-order valence-corrected chi connectivity index (χ1v) is 4.88. The standard InChI is InChI=1S/C8H20ClN4/c1-2-13(11,12)7-5-8(9)4-3-6-10/h2,8H,1,3-7,10-12H2/q+1. The number of rotatable bonds is 7. The van der Waals surface area contributed by atoms with Crippen LogP contribution in [0.15, 0.2) is 12.8 Å². The van der Waals surface area contributed by atoms with E-state index in [0.29, 0.717) is 13.1 Å². The Labute approximate surface area is 84.8 Å². The number of nitrogens with zero attached hydrogens (tertiary/aromatic N) is 1. The maximum absolute atomic E-state index is 6.01. The van der Waals surface area contributed by atoms with Crippen molar-refractivity contribution in [3.8, 4) is 0 Å². The smallest absolute Gasteiger partial charge is 0.127 e. The Balaban J connectivity index is 3.56. The molecule has 0 radical (unpaired) electrons. The van der Waals surface area contributed by atoms with Crippen LogP contribution in [-0.4, -0.2) is 23.2 Å². The molecule has 0 bridgehead atoms. The van der Waals surface area contributed by atoms with E-state index in [9.17, 15) is 0 Å². The van der Waals surface area contributed by atoms with Crippen molar-refractivity contribution in [2.45, 2.75) is 24.6 Å². The second-order valence-electron chi connectivity index (χ2n) is 3.22. The van der Waals surface area contributed by atoms with Crippen LogP contribution in [0.4, 0.5) is 0 Å². The van der Waals surface area contributed by atoms with Gasteiger partial charge in [0.25, 0.3) is 0 Å². The van der Waals surface area contributed by atoms with E-state index in [2.05, 4.69) is 6.58 Å². The molecule has 0 aromatic heterocycles. The van der Waals surface area contributed by atoms with Crippen LogP contribution in [0.25, 0.3) is 0 Å². The topological polar surface area (TPSA) is 78.1 Å². The van der Waals surface area contributed by atoms with E-state index < -0.39 is 0 Å². The zero-order chi connectivity index (χ0) is 10.3. The normalized spacial score (nSPS) is 14.2. The van der Waals surface area contributed by atoms with E-state index in [0.717, 1.165) is 19.3 Å². The maximum atomic E-state index is 6.01. The predicted molar refractivity (Wildman–Crippen MR) is 56.2 cm³/mol. The highest BCUT2D eigenvalue weighted by Gasteiger charge is 2.15. The van der Waals surface area contributed by atoms with Gasteiger partial charge in [-0.2, -0.15) is 16.4 Å². The second-order valence-corrected chi connectivity index (χ2v) is 3.84. The first-order valence-electron chi connectivity index (χ1n) is 4.44. The van der Waals surface area contributed by atoms with Gasteiger partial charge < -0.3 is 5.73 Å². The van der Waals surface area contributed by atoms with E-state index in [1.54, 1.807) is 0 Å². The Hall–Kier alpha value is -0.130. The van der Waals surface area contributed by atoms with Gasteiger partial charge >= 0.3 is 0 Å². The third-order valence-corrected chi connectivity index (χ3v) is 2.33. The first kappa shape index (κ1) is 12.9. The lowest BCUT2D eigenvalue weighted by molar-refractivity contribution is -0.903. The molecule has 0 saturated carbocycles. The van der Waals surface area contributed by atoms with Crippen LogP contribution in [0.1, 0.15) is 19.3 Å². The van der Waals surface area contributed by atoms with E-state index in [1.165, 1.54) is 6.20 Å². The monoisotopic (exact) mass is 207 g/mol. The summed E-state index contributed by atoms with van der Waals surface area (Å²) in [5.41, 5.74) is 5.36. The molecule has 0 aliphatic rings. The Morgan fingerprint density at radius 3 is 2.46 bits per heavy atom. The Morgan fingerprint density at radius 2 is 2.00 bits per heavy atom. The van der Waals surface area contributed by atoms with Gasteiger partial charge in [-0.15, -0.1) is 11.6 Å². The highest BCUT2D eigenvalue weighted by Crippen LogP contribution is 2.10. The van der Waals surface area contributed by atoms with E-state index in [1.807, 2.05) is 0 Å². The molecule has 6 N–H and O–H groups in total. The lowest BCUT2D eigenvalue weighted by atomic mass is 10.2. The highest BCUT2D eigenvalue weighted by atomic mass is 35.5. The SMILES string of the molecule is C=C[N+](N)(N)CCC(Cl)CCCN. The molecule has 0 amide bonds. The van der Waals surface area contributed by atoms with E-state index in [4.69, 9.17) is 29.0 Å². The maximum Gasteiger partial charge on any atom is 0.127 e. The summed E-state index contributed by atoms with van der Waals surface area (Å²) < 4.78 is -0.175. The molecular weight excluding hydrogens is 188 g/mol. The summed E-state index contributed by atoms with van der Waals surface area (Å²) in [5.74, 6) is 11.2. The third-order valence-electron chi connectivity index (χ3n) is 1.89. The summed E-state index contributed by atoms with van der Waals surface area (Å²) >= 11 is 6.01. The van der Waals surface area contributed by atoms with E-state index >= 15 is 0 Å². The number of nitrogens with two attached hydrogens (primary N) is 3. The molecule has 1 unspecified atom stereocenters. The fourth-order valence-electron chi connectivity index (χ4n) is 0.939. The zero-order valence-corrected chi connectivity index (χ0v) is 8.71. The molecule has 13 heavy (non-hydrogen) atoms. The van der Waals surface area contributed by atoms with Gasteiger partial charge in [-0.3, -0.25) is 0 Å². The molecule has 0 aromatic carbocycles. The van der Waals surface area contributed by atoms with Crippen molar-refractivity contribution in [1.82, 2.24) is 0 Å². The van der Waals surface area contributed by atoms with E-state index in [-0.39, 0.29) is 10.1 Å². The molecule has 0 heterocycles. The minimum Gasteiger partial charge on any atom is -0.330 e. The molecule has 0 rings (SSSR count). The molecule has 0 spiro atoms. The molecule has 0 aromatic rings. The molecule has 0 aliphatic heterocycles. The first-order chi connectivity index (χ1) is 6.02. The van der Waals surface area contributed by atoms with Crippen molar-refractivity contribution >= 4 is 11.6 Å². The van der Waals surface area contributed by atoms with Crippen molar-refractivity contribution in [3.63, 3.8) is 0 Å². The fraction of sp³-hybridized carbons (Fsp3) is 0.750. The van der Waals surface area contributed by atoms with Crippen LogP contribution in [0, 0.1) is 0 Å². The van der Waals surface area contributed by atoms with Gasteiger partial charge in [0.2, 0.25) is 0 Å². The van der Waals surface area contributed by atoms with Crippen molar-refractivity contribution in [1.29, 1.82) is 0 Å². The average molecular weight is 208 g/mol. The number of alkyl halides is 1. The number of quaternary nitrogens is 1. The van der Waals surface area contributed by atoms with Crippen LogP contribution in [0.3, 0.4) is 0 Å². The summed E-state index contributed by atoms with van der Waals surface area (Å²) in [6.07, 6.45) is 4.12. The molecular formula is C8H20ClN4+. The van der Waals surface area contributed by atoms with Crippen molar-refractivity contribution in [3.05, 3.63) is 12.8 Å². The van der Waals surface area contributed by atoms with Crippen LogP contribution in [0.5, 0.6) is 0 Å². The summed E-state index contributed by atoms with van der Waals surface area (Å²) in [7, 11) is 0. The predicted octanol–water partition coefficient (Wildman–Crippen LogP) is 0.431. The summed E-state index contributed by atoms with van der Waals surface area (Å²) in [4.78, 5) is 0. The number of halogens is 1. The minimum atomic E-state index is -0.175. The molecule has 0 saturated heterocycles. The summed E-state index contributed by atoms with van der Waals surface area (Å²) in [6.45, 7) is 4.81. The van der Waals surface area contributed by atoms with Gasteiger partial charge in [0.15, 0.2) is 0 Å². The second kappa shape index (κ2) is 6.34. The zero-order valence-electron chi connectivity index (χ0n) is 7.95. The van der Waals surface area contributed by atoms with Crippen molar-refractivity contribution < 1.29 is 4.70 Å². The summed E-state index contributed by atoms with van der Waals surface area (Å²) in [6, 6.07) is 0. The van der Waals surface area contributed by atoms with Gasteiger partial charge in [-0.05, 0) is 26.0 Å². The summed E-state index contributed by atoms with van der Waals surface area (Å²) in [5, 5.41) is 0.105. The van der Waals surface area contributed by atoms with Crippen LogP contribution < -0.4 is 17.4 Å². The van der Waals surface area contributed by atoms with Gasteiger partial charge in [0.1, 0.15) is 12.7 Å². The number of hydrogen-bond donors (Lipinski definition) is 3. The van der Waals surface area contributed by atoms with Gasteiger partial charge in [0, 0.05) is 11.8 Å². The lowest BCUT2D eigenvalue weighted by Crippen LogP contribution is -2.56. The van der Waals surface area contributed by atoms with Gasteiger partial charge in [-0.25, -0.2) is 0 Å².